The van der Waals surface area contributed by atoms with Crippen LogP contribution in [0.4, 0.5) is 0 Å². The molecule has 0 bridgehead atoms. The van der Waals surface area contributed by atoms with Gasteiger partial charge in [-0.3, -0.25) is 4.90 Å². The lowest BCUT2D eigenvalue weighted by Gasteiger charge is -2.15. The molecule has 2 heteroatoms. The third kappa shape index (κ3) is 4.96. The molecule has 1 aromatic rings. The van der Waals surface area contributed by atoms with Gasteiger partial charge in [-0.05, 0) is 43.0 Å². The Morgan fingerprint density at radius 1 is 1.21 bits per heavy atom. The smallest absolute Gasteiger partial charge is 0.0233 e. The Morgan fingerprint density at radius 3 is 2.47 bits per heavy atom. The predicted molar refractivity (Wildman–Crippen MR) is 82.3 cm³/mol. The van der Waals surface area contributed by atoms with Crippen LogP contribution in [0.15, 0.2) is 24.3 Å². The van der Waals surface area contributed by atoms with Gasteiger partial charge in [-0.2, -0.15) is 0 Å². The molecule has 106 valence electrons. The number of hydrogen-bond acceptors (Lipinski definition) is 2. The van der Waals surface area contributed by atoms with E-state index in [-0.39, 0.29) is 0 Å². The average Bonchev–Trinajstić information content (AvgIpc) is 2.77. The zero-order chi connectivity index (χ0) is 13.7. The van der Waals surface area contributed by atoms with Crippen molar-refractivity contribution in [2.75, 3.05) is 19.6 Å². The highest BCUT2D eigenvalue weighted by atomic mass is 15.1. The van der Waals surface area contributed by atoms with Gasteiger partial charge >= 0.3 is 0 Å². The molecule has 2 rings (SSSR count). The summed E-state index contributed by atoms with van der Waals surface area (Å²) in [6, 6.07) is 9.76. The Kier molecular flexibility index (Phi) is 5.41. The van der Waals surface area contributed by atoms with Gasteiger partial charge in [0.05, 0.1) is 0 Å². The van der Waals surface area contributed by atoms with E-state index < -0.39 is 0 Å². The maximum absolute atomic E-state index is 3.46. The zero-order valence-corrected chi connectivity index (χ0v) is 12.7. The maximum Gasteiger partial charge on any atom is 0.0233 e. The van der Waals surface area contributed by atoms with Crippen molar-refractivity contribution >= 4 is 0 Å². The average molecular weight is 260 g/mol. The molecule has 0 radical (unpaired) electrons. The monoisotopic (exact) mass is 260 g/mol. The summed E-state index contributed by atoms with van der Waals surface area (Å²) in [6.45, 7) is 11.5. The van der Waals surface area contributed by atoms with Crippen molar-refractivity contribution in [3.63, 3.8) is 0 Å². The molecule has 0 spiro atoms. The van der Waals surface area contributed by atoms with Crippen LogP contribution in [0.3, 0.4) is 0 Å². The second-order valence-corrected chi connectivity index (χ2v) is 6.30. The van der Waals surface area contributed by atoms with Crippen LogP contribution in [0.1, 0.15) is 38.3 Å². The molecule has 1 aliphatic rings. The van der Waals surface area contributed by atoms with Crippen molar-refractivity contribution in [1.82, 2.24) is 10.2 Å². The second kappa shape index (κ2) is 7.06. The lowest BCUT2D eigenvalue weighted by Crippen LogP contribution is -2.24. The van der Waals surface area contributed by atoms with Crippen molar-refractivity contribution < 1.29 is 0 Å². The van der Waals surface area contributed by atoms with Crippen LogP contribution < -0.4 is 5.32 Å². The SMILES string of the molecule is CC1CCN(Cc2ccc(CCNC(C)C)cc2)C1. The molecule has 0 amide bonds. The first kappa shape index (κ1) is 14.5. The maximum atomic E-state index is 3.46. The zero-order valence-electron chi connectivity index (χ0n) is 12.7. The Balaban J connectivity index is 1.78. The number of likely N-dealkylation sites (tertiary alicyclic amines) is 1. The van der Waals surface area contributed by atoms with Gasteiger partial charge in [0.1, 0.15) is 0 Å². The third-order valence-corrected chi connectivity index (χ3v) is 3.90. The summed E-state index contributed by atoms with van der Waals surface area (Å²) >= 11 is 0. The van der Waals surface area contributed by atoms with E-state index in [1.165, 1.54) is 30.6 Å². The van der Waals surface area contributed by atoms with Crippen LogP contribution in [-0.2, 0) is 13.0 Å². The van der Waals surface area contributed by atoms with Crippen LogP contribution >= 0.6 is 0 Å². The summed E-state index contributed by atoms with van der Waals surface area (Å²) in [5.41, 5.74) is 2.89. The van der Waals surface area contributed by atoms with Crippen molar-refractivity contribution in [1.29, 1.82) is 0 Å². The minimum absolute atomic E-state index is 0.580. The molecule has 0 aromatic heterocycles. The topological polar surface area (TPSA) is 15.3 Å². The highest BCUT2D eigenvalue weighted by molar-refractivity contribution is 5.22. The second-order valence-electron chi connectivity index (χ2n) is 6.30. The van der Waals surface area contributed by atoms with Crippen LogP contribution in [0, 0.1) is 5.92 Å². The quantitative estimate of drug-likeness (QED) is 0.845. The molecule has 1 N–H and O–H groups in total. The highest BCUT2D eigenvalue weighted by Crippen LogP contribution is 2.18. The first-order chi connectivity index (χ1) is 9.13. The van der Waals surface area contributed by atoms with E-state index in [1.54, 1.807) is 0 Å². The van der Waals surface area contributed by atoms with Crippen molar-refractivity contribution in [3.05, 3.63) is 35.4 Å². The van der Waals surface area contributed by atoms with Gasteiger partial charge in [-0.25, -0.2) is 0 Å². The molecule has 19 heavy (non-hydrogen) atoms. The minimum Gasteiger partial charge on any atom is -0.314 e. The van der Waals surface area contributed by atoms with Crippen LogP contribution in [0.25, 0.3) is 0 Å². The van der Waals surface area contributed by atoms with Crippen molar-refractivity contribution in [3.8, 4) is 0 Å². The van der Waals surface area contributed by atoms with E-state index in [0.717, 1.165) is 25.4 Å². The first-order valence-corrected chi connectivity index (χ1v) is 7.67. The Hall–Kier alpha value is -0.860. The molecule has 1 unspecified atom stereocenters. The fourth-order valence-electron chi connectivity index (χ4n) is 2.74. The van der Waals surface area contributed by atoms with Gasteiger partial charge in [0.15, 0.2) is 0 Å². The van der Waals surface area contributed by atoms with Crippen molar-refractivity contribution in [2.24, 2.45) is 5.92 Å². The molecule has 1 saturated heterocycles. The molecular weight excluding hydrogens is 232 g/mol. The van der Waals surface area contributed by atoms with Gasteiger partial charge in [0, 0.05) is 19.1 Å². The van der Waals surface area contributed by atoms with E-state index in [1.807, 2.05) is 0 Å². The number of hydrogen-bond donors (Lipinski definition) is 1. The molecular formula is C17H28N2. The van der Waals surface area contributed by atoms with Gasteiger partial charge in [-0.15, -0.1) is 0 Å². The lowest BCUT2D eigenvalue weighted by molar-refractivity contribution is 0.320. The number of benzene rings is 1. The summed E-state index contributed by atoms with van der Waals surface area (Å²) in [5.74, 6) is 0.876. The van der Waals surface area contributed by atoms with Crippen LogP contribution in [0.2, 0.25) is 0 Å². The number of nitrogens with zero attached hydrogens (tertiary/aromatic N) is 1. The molecule has 1 atom stereocenters. The summed E-state index contributed by atoms with van der Waals surface area (Å²) in [7, 11) is 0. The standard InChI is InChI=1S/C17H28N2/c1-14(2)18-10-8-16-4-6-17(7-5-16)13-19-11-9-15(3)12-19/h4-7,14-15,18H,8-13H2,1-3H3. The molecule has 1 fully saturated rings. The number of rotatable bonds is 6. The Bertz CT molecular complexity index is 369. The molecule has 1 aromatic carbocycles. The molecule has 0 saturated carbocycles. The predicted octanol–water partition coefficient (Wildman–Crippen LogP) is 3.07. The fourth-order valence-corrected chi connectivity index (χ4v) is 2.74. The van der Waals surface area contributed by atoms with Gasteiger partial charge < -0.3 is 5.32 Å². The normalized spacial score (nSPS) is 20.3. The summed E-state index contributed by atoms with van der Waals surface area (Å²) in [4.78, 5) is 2.57. The van der Waals surface area contributed by atoms with Gasteiger partial charge in [0.25, 0.3) is 0 Å². The fraction of sp³-hybridized carbons (Fsp3) is 0.647. The summed E-state index contributed by atoms with van der Waals surface area (Å²) in [5, 5.41) is 3.46. The molecule has 2 nitrogen and oxygen atoms in total. The van der Waals surface area contributed by atoms with E-state index >= 15 is 0 Å². The van der Waals surface area contributed by atoms with Gasteiger partial charge in [0.2, 0.25) is 0 Å². The summed E-state index contributed by atoms with van der Waals surface area (Å²) < 4.78 is 0. The molecule has 0 aliphatic carbocycles. The third-order valence-electron chi connectivity index (χ3n) is 3.90. The Labute approximate surface area is 118 Å². The van der Waals surface area contributed by atoms with E-state index in [2.05, 4.69) is 55.3 Å². The summed E-state index contributed by atoms with van der Waals surface area (Å²) in [6.07, 6.45) is 2.48. The number of nitrogens with one attached hydrogen (secondary N) is 1. The van der Waals surface area contributed by atoms with E-state index in [9.17, 15) is 0 Å². The van der Waals surface area contributed by atoms with Crippen LogP contribution in [-0.4, -0.2) is 30.6 Å². The molecule has 1 heterocycles. The highest BCUT2D eigenvalue weighted by Gasteiger charge is 2.18. The van der Waals surface area contributed by atoms with Crippen molar-refractivity contribution in [2.45, 2.75) is 46.2 Å². The van der Waals surface area contributed by atoms with Gasteiger partial charge in [-0.1, -0.05) is 45.0 Å². The lowest BCUT2D eigenvalue weighted by atomic mass is 10.1. The van der Waals surface area contributed by atoms with E-state index in [4.69, 9.17) is 0 Å². The van der Waals surface area contributed by atoms with E-state index in [0.29, 0.717) is 6.04 Å². The molecule has 1 aliphatic heterocycles. The first-order valence-electron chi connectivity index (χ1n) is 7.67. The Morgan fingerprint density at radius 2 is 1.89 bits per heavy atom. The van der Waals surface area contributed by atoms with Crippen LogP contribution in [0.5, 0.6) is 0 Å². The minimum atomic E-state index is 0.580. The largest absolute Gasteiger partial charge is 0.314 e.